The molecule has 2 aromatic carbocycles. The molecular formula is C31H34N2O3S. The summed E-state index contributed by atoms with van der Waals surface area (Å²) in [6.07, 6.45) is 3.69. The van der Waals surface area contributed by atoms with E-state index in [0.717, 1.165) is 32.3 Å². The van der Waals surface area contributed by atoms with Crippen molar-refractivity contribution in [1.29, 1.82) is 0 Å². The van der Waals surface area contributed by atoms with Gasteiger partial charge in [-0.1, -0.05) is 54.6 Å². The minimum absolute atomic E-state index is 0.0164. The van der Waals surface area contributed by atoms with E-state index in [2.05, 4.69) is 48.7 Å². The number of aryl methyl sites for hydroxylation is 1. The number of rotatable bonds is 7. The molecule has 2 fully saturated rings. The molecule has 3 heterocycles. The number of nitrogens with zero attached hydrogens (tertiary/aromatic N) is 2. The van der Waals surface area contributed by atoms with Crippen molar-refractivity contribution in [2.45, 2.75) is 50.7 Å². The minimum Gasteiger partial charge on any atom is -0.376 e. The summed E-state index contributed by atoms with van der Waals surface area (Å²) in [7, 11) is 0. The average Bonchev–Trinajstić information content (AvgIpc) is 3.28. The second kappa shape index (κ2) is 10.4. The van der Waals surface area contributed by atoms with Gasteiger partial charge in [-0.3, -0.25) is 9.59 Å². The van der Waals surface area contributed by atoms with E-state index in [-0.39, 0.29) is 42.3 Å². The topological polar surface area (TPSA) is 49.9 Å². The maximum Gasteiger partial charge on any atom is 0.242 e. The fourth-order valence-corrected chi connectivity index (χ4v) is 7.01. The number of hydrogen-bond acceptors (Lipinski definition) is 4. The highest BCUT2D eigenvalue weighted by molar-refractivity contribution is 7.10. The maximum atomic E-state index is 14.0. The summed E-state index contributed by atoms with van der Waals surface area (Å²) in [5.74, 6) is 0.319. The fraction of sp³-hybridized carbons (Fsp3) is 0.419. The Kier molecular flexibility index (Phi) is 6.87. The van der Waals surface area contributed by atoms with Gasteiger partial charge in [-0.2, -0.15) is 0 Å². The molecule has 37 heavy (non-hydrogen) atoms. The Bertz CT molecular complexity index is 1270. The van der Waals surface area contributed by atoms with Crippen LogP contribution in [0.15, 0.2) is 66.0 Å². The Hall–Kier alpha value is -2.96. The Labute approximate surface area is 223 Å². The van der Waals surface area contributed by atoms with Gasteiger partial charge in [0.25, 0.3) is 0 Å². The van der Waals surface area contributed by atoms with E-state index in [1.807, 2.05) is 34.1 Å². The zero-order valence-electron chi connectivity index (χ0n) is 21.3. The van der Waals surface area contributed by atoms with Crippen LogP contribution in [0.3, 0.4) is 0 Å². The van der Waals surface area contributed by atoms with Crippen molar-refractivity contribution in [3.63, 3.8) is 0 Å². The Morgan fingerprint density at radius 2 is 1.86 bits per heavy atom. The lowest BCUT2D eigenvalue weighted by Crippen LogP contribution is -2.49. The first-order chi connectivity index (χ1) is 18.1. The van der Waals surface area contributed by atoms with Gasteiger partial charge in [0.15, 0.2) is 0 Å². The summed E-state index contributed by atoms with van der Waals surface area (Å²) in [5, 5.41) is 2.13. The molecule has 1 aliphatic carbocycles. The average molecular weight is 515 g/mol. The lowest BCUT2D eigenvalue weighted by molar-refractivity contribution is -0.143. The predicted octanol–water partition coefficient (Wildman–Crippen LogP) is 5.34. The van der Waals surface area contributed by atoms with Crippen LogP contribution < -0.4 is 0 Å². The van der Waals surface area contributed by atoms with E-state index < -0.39 is 0 Å². The molecule has 1 saturated carbocycles. The molecule has 0 N–H and O–H groups in total. The summed E-state index contributed by atoms with van der Waals surface area (Å²) < 4.78 is 5.90. The Balaban J connectivity index is 1.24. The lowest BCUT2D eigenvalue weighted by atomic mass is 9.90. The molecule has 3 aromatic rings. The number of thiophene rings is 1. The number of carbonyl (C=O) groups excluding carboxylic acids is 2. The zero-order valence-corrected chi connectivity index (χ0v) is 22.2. The number of hydrogen-bond donors (Lipinski definition) is 0. The highest BCUT2D eigenvalue weighted by Gasteiger charge is 2.47. The summed E-state index contributed by atoms with van der Waals surface area (Å²) in [5.41, 5.74) is 4.78. The quantitative estimate of drug-likeness (QED) is 0.428. The maximum absolute atomic E-state index is 14.0. The molecule has 6 rings (SSSR count). The van der Waals surface area contributed by atoms with Gasteiger partial charge < -0.3 is 14.5 Å². The van der Waals surface area contributed by atoms with E-state index in [4.69, 9.17) is 4.74 Å². The molecule has 4 atom stereocenters. The van der Waals surface area contributed by atoms with Crippen molar-refractivity contribution < 1.29 is 14.3 Å². The molecule has 1 saturated heterocycles. The molecule has 2 aliphatic heterocycles. The molecule has 0 bridgehead atoms. The van der Waals surface area contributed by atoms with Crippen LogP contribution in [0.2, 0.25) is 0 Å². The van der Waals surface area contributed by atoms with Crippen LogP contribution in [0.5, 0.6) is 0 Å². The van der Waals surface area contributed by atoms with Crippen molar-refractivity contribution in [1.82, 2.24) is 9.80 Å². The standard InChI is InChI=1S/C31H34N2O3S/c1-21-8-5-6-12-24(21)30-25-14-17-37-28(25)13-15-33(30)29(34)20-32(19-23-11-7-16-36-23)31(35)27-18-26(27)22-9-3-2-4-10-22/h2-6,8-10,12,14,17,23,26-27,30H,7,11,13,15-16,18-20H2,1H3/t23?,26-,27?,30?/m0/s1. The van der Waals surface area contributed by atoms with Crippen molar-refractivity contribution >= 4 is 23.2 Å². The number of benzene rings is 2. The van der Waals surface area contributed by atoms with Crippen LogP contribution in [-0.4, -0.2) is 54.0 Å². The largest absolute Gasteiger partial charge is 0.376 e. The summed E-state index contributed by atoms with van der Waals surface area (Å²) in [6.45, 7) is 4.12. The molecule has 1 aromatic heterocycles. The van der Waals surface area contributed by atoms with E-state index in [1.165, 1.54) is 27.1 Å². The molecule has 2 amide bonds. The molecule has 6 heteroatoms. The first-order valence-electron chi connectivity index (χ1n) is 13.5. The Morgan fingerprint density at radius 3 is 2.65 bits per heavy atom. The van der Waals surface area contributed by atoms with Gasteiger partial charge in [-0.05, 0) is 72.2 Å². The number of amides is 2. The van der Waals surface area contributed by atoms with E-state index in [1.54, 1.807) is 11.3 Å². The van der Waals surface area contributed by atoms with Crippen molar-refractivity contribution in [3.8, 4) is 0 Å². The second-order valence-electron chi connectivity index (χ2n) is 10.6. The molecular weight excluding hydrogens is 480 g/mol. The third kappa shape index (κ3) is 4.97. The SMILES string of the molecule is Cc1ccccc1C1c2ccsc2CCN1C(=O)CN(CC1CCCO1)C(=O)C1C[C@H]1c1ccccc1. The first kappa shape index (κ1) is 24.4. The van der Waals surface area contributed by atoms with Gasteiger partial charge in [0, 0.05) is 30.5 Å². The van der Waals surface area contributed by atoms with Crippen LogP contribution in [-0.2, 0) is 20.7 Å². The monoisotopic (exact) mass is 514 g/mol. The van der Waals surface area contributed by atoms with E-state index >= 15 is 0 Å². The molecule has 5 nitrogen and oxygen atoms in total. The molecule has 0 spiro atoms. The lowest BCUT2D eigenvalue weighted by Gasteiger charge is -2.38. The first-order valence-corrected chi connectivity index (χ1v) is 14.3. The fourth-order valence-electron chi connectivity index (χ4n) is 6.11. The van der Waals surface area contributed by atoms with Crippen molar-refractivity contribution in [3.05, 3.63) is 93.2 Å². The van der Waals surface area contributed by atoms with Crippen LogP contribution in [0, 0.1) is 12.8 Å². The van der Waals surface area contributed by atoms with Gasteiger partial charge >= 0.3 is 0 Å². The van der Waals surface area contributed by atoms with Gasteiger partial charge in [0.1, 0.15) is 0 Å². The third-order valence-electron chi connectivity index (χ3n) is 8.19. The van der Waals surface area contributed by atoms with Crippen molar-refractivity contribution in [2.75, 3.05) is 26.2 Å². The number of ether oxygens (including phenoxy) is 1. The smallest absolute Gasteiger partial charge is 0.242 e. The predicted molar refractivity (Wildman–Crippen MR) is 146 cm³/mol. The normalized spacial score (nSPS) is 24.5. The van der Waals surface area contributed by atoms with E-state index in [0.29, 0.717) is 13.1 Å². The highest BCUT2D eigenvalue weighted by Crippen LogP contribution is 2.48. The van der Waals surface area contributed by atoms with Crippen LogP contribution in [0.25, 0.3) is 0 Å². The molecule has 3 unspecified atom stereocenters. The number of carbonyl (C=O) groups is 2. The molecule has 192 valence electrons. The minimum atomic E-state index is -0.110. The van der Waals surface area contributed by atoms with Crippen LogP contribution in [0.4, 0.5) is 0 Å². The van der Waals surface area contributed by atoms with Crippen molar-refractivity contribution in [2.24, 2.45) is 5.92 Å². The van der Waals surface area contributed by atoms with E-state index in [9.17, 15) is 9.59 Å². The number of fused-ring (bicyclic) bond motifs is 1. The summed E-state index contributed by atoms with van der Waals surface area (Å²) in [4.78, 5) is 32.9. The second-order valence-corrected chi connectivity index (χ2v) is 11.6. The van der Waals surface area contributed by atoms with Gasteiger partial charge in [0.05, 0.1) is 18.7 Å². The molecule has 3 aliphatic rings. The van der Waals surface area contributed by atoms with Gasteiger partial charge in [-0.25, -0.2) is 0 Å². The third-order valence-corrected chi connectivity index (χ3v) is 9.19. The summed E-state index contributed by atoms with van der Waals surface area (Å²) >= 11 is 1.77. The van der Waals surface area contributed by atoms with Gasteiger partial charge in [-0.15, -0.1) is 11.3 Å². The Morgan fingerprint density at radius 1 is 1.05 bits per heavy atom. The molecule has 0 radical (unpaired) electrons. The summed E-state index contributed by atoms with van der Waals surface area (Å²) in [6, 6.07) is 20.7. The van der Waals surface area contributed by atoms with Crippen LogP contribution >= 0.6 is 11.3 Å². The zero-order chi connectivity index (χ0) is 25.4. The van der Waals surface area contributed by atoms with Crippen LogP contribution in [0.1, 0.15) is 58.4 Å². The van der Waals surface area contributed by atoms with Gasteiger partial charge in [0.2, 0.25) is 11.8 Å². The highest BCUT2D eigenvalue weighted by atomic mass is 32.1.